The maximum Gasteiger partial charge on any atom is 0.231 e. The molecule has 2 aliphatic rings. The van der Waals surface area contributed by atoms with Crippen molar-refractivity contribution in [3.63, 3.8) is 0 Å². The van der Waals surface area contributed by atoms with Crippen LogP contribution in [-0.2, 0) is 25.9 Å². The first-order valence-electron chi connectivity index (χ1n) is 10.2. The van der Waals surface area contributed by atoms with E-state index in [1.807, 2.05) is 30.6 Å². The summed E-state index contributed by atoms with van der Waals surface area (Å²) in [6.45, 7) is 5.24. The third-order valence-electron chi connectivity index (χ3n) is 5.44. The molecule has 0 unspecified atom stereocenters. The van der Waals surface area contributed by atoms with Crippen LogP contribution in [0.25, 0.3) is 11.3 Å². The molecular formula is C23H24N4O2. The molecule has 2 aliphatic heterocycles. The van der Waals surface area contributed by atoms with Crippen molar-refractivity contribution in [3.05, 3.63) is 65.4 Å². The summed E-state index contributed by atoms with van der Waals surface area (Å²) < 4.78 is 10.8. The predicted molar refractivity (Wildman–Crippen MR) is 110 cm³/mol. The Kier molecular flexibility index (Phi) is 4.86. The van der Waals surface area contributed by atoms with Crippen molar-refractivity contribution in [1.82, 2.24) is 19.9 Å². The molecule has 0 spiro atoms. The van der Waals surface area contributed by atoms with Crippen LogP contribution >= 0.6 is 0 Å². The fraction of sp³-hybridized carbons (Fsp3) is 0.348. The van der Waals surface area contributed by atoms with Crippen LogP contribution in [0.3, 0.4) is 0 Å². The van der Waals surface area contributed by atoms with E-state index >= 15 is 0 Å². The number of hydrogen-bond donors (Lipinski definition) is 0. The number of pyridine rings is 1. The van der Waals surface area contributed by atoms with Crippen LogP contribution in [0.1, 0.15) is 36.0 Å². The minimum absolute atomic E-state index is 0.287. The highest BCUT2D eigenvalue weighted by atomic mass is 16.7. The zero-order chi connectivity index (χ0) is 19.6. The molecular weight excluding hydrogens is 364 g/mol. The van der Waals surface area contributed by atoms with Crippen molar-refractivity contribution in [2.24, 2.45) is 0 Å². The Morgan fingerprint density at radius 3 is 2.83 bits per heavy atom. The fourth-order valence-electron chi connectivity index (χ4n) is 3.90. The number of ether oxygens (including phenoxy) is 2. The van der Waals surface area contributed by atoms with Gasteiger partial charge in [-0.15, -0.1) is 0 Å². The summed E-state index contributed by atoms with van der Waals surface area (Å²) >= 11 is 0. The summed E-state index contributed by atoms with van der Waals surface area (Å²) in [6, 6.07) is 10.2. The molecule has 0 saturated heterocycles. The number of hydrogen-bond acceptors (Lipinski definition) is 6. The van der Waals surface area contributed by atoms with E-state index in [-0.39, 0.29) is 6.79 Å². The van der Waals surface area contributed by atoms with Crippen molar-refractivity contribution >= 4 is 0 Å². The molecule has 0 amide bonds. The Labute approximate surface area is 170 Å². The Bertz CT molecular complexity index is 1020. The van der Waals surface area contributed by atoms with Gasteiger partial charge < -0.3 is 9.47 Å². The molecule has 1 aromatic carbocycles. The van der Waals surface area contributed by atoms with E-state index in [0.29, 0.717) is 0 Å². The van der Waals surface area contributed by atoms with E-state index in [1.54, 1.807) is 0 Å². The number of fused-ring (bicyclic) bond motifs is 2. The predicted octanol–water partition coefficient (Wildman–Crippen LogP) is 3.78. The lowest BCUT2D eigenvalue weighted by atomic mass is 10.1. The molecule has 0 saturated carbocycles. The minimum atomic E-state index is 0.287. The van der Waals surface area contributed by atoms with Gasteiger partial charge in [0.2, 0.25) is 6.79 Å². The van der Waals surface area contributed by atoms with E-state index in [9.17, 15) is 0 Å². The van der Waals surface area contributed by atoms with E-state index in [1.165, 1.54) is 16.8 Å². The first-order valence-corrected chi connectivity index (χ1v) is 10.2. The second kappa shape index (κ2) is 7.79. The van der Waals surface area contributed by atoms with Crippen LogP contribution < -0.4 is 9.47 Å². The van der Waals surface area contributed by atoms with Gasteiger partial charge in [-0.3, -0.25) is 9.88 Å². The van der Waals surface area contributed by atoms with E-state index in [2.05, 4.69) is 33.9 Å². The largest absolute Gasteiger partial charge is 0.454 e. The van der Waals surface area contributed by atoms with Gasteiger partial charge in [-0.25, -0.2) is 9.97 Å². The zero-order valence-electron chi connectivity index (χ0n) is 16.6. The molecule has 29 heavy (non-hydrogen) atoms. The van der Waals surface area contributed by atoms with Gasteiger partial charge in [-0.1, -0.05) is 13.0 Å². The van der Waals surface area contributed by atoms with Gasteiger partial charge in [0.15, 0.2) is 11.5 Å². The average molecular weight is 388 g/mol. The Morgan fingerprint density at radius 1 is 1.03 bits per heavy atom. The molecule has 4 heterocycles. The molecule has 6 nitrogen and oxygen atoms in total. The van der Waals surface area contributed by atoms with Crippen molar-refractivity contribution in [2.45, 2.75) is 39.3 Å². The highest BCUT2D eigenvalue weighted by Crippen LogP contribution is 2.35. The lowest BCUT2D eigenvalue weighted by molar-refractivity contribution is 0.174. The zero-order valence-corrected chi connectivity index (χ0v) is 16.6. The summed E-state index contributed by atoms with van der Waals surface area (Å²) in [5, 5.41) is 0. The summed E-state index contributed by atoms with van der Waals surface area (Å²) in [7, 11) is 0. The molecule has 0 atom stereocenters. The number of nitrogens with zero attached hydrogens (tertiary/aromatic N) is 4. The lowest BCUT2D eigenvalue weighted by Crippen LogP contribution is -2.31. The summed E-state index contributed by atoms with van der Waals surface area (Å²) in [5.41, 5.74) is 5.65. The minimum Gasteiger partial charge on any atom is -0.454 e. The van der Waals surface area contributed by atoms with Crippen molar-refractivity contribution in [3.8, 4) is 22.8 Å². The highest BCUT2D eigenvalue weighted by Gasteiger charge is 2.19. The van der Waals surface area contributed by atoms with Crippen LogP contribution in [0.2, 0.25) is 0 Å². The molecule has 6 heteroatoms. The molecule has 0 radical (unpaired) electrons. The van der Waals surface area contributed by atoms with Crippen molar-refractivity contribution in [1.29, 1.82) is 0 Å². The van der Waals surface area contributed by atoms with Crippen LogP contribution in [0.4, 0.5) is 0 Å². The van der Waals surface area contributed by atoms with Crippen molar-refractivity contribution < 1.29 is 9.47 Å². The van der Waals surface area contributed by atoms with Crippen LogP contribution in [0.15, 0.2) is 42.7 Å². The van der Waals surface area contributed by atoms with Gasteiger partial charge in [0.1, 0.15) is 5.82 Å². The third kappa shape index (κ3) is 3.80. The maximum absolute atomic E-state index is 5.47. The molecule has 5 rings (SSSR count). The lowest BCUT2D eigenvalue weighted by Gasteiger charge is -2.28. The summed E-state index contributed by atoms with van der Waals surface area (Å²) in [5.74, 6) is 2.55. The molecule has 148 valence electrons. The fourth-order valence-corrected chi connectivity index (χ4v) is 3.90. The topological polar surface area (TPSA) is 60.4 Å². The van der Waals surface area contributed by atoms with Gasteiger partial charge in [0, 0.05) is 61.7 Å². The Balaban J connectivity index is 1.26. The Morgan fingerprint density at radius 2 is 1.97 bits per heavy atom. The number of benzene rings is 1. The smallest absolute Gasteiger partial charge is 0.231 e. The highest BCUT2D eigenvalue weighted by molar-refractivity contribution is 5.64. The van der Waals surface area contributed by atoms with E-state index in [0.717, 1.165) is 67.5 Å². The third-order valence-corrected chi connectivity index (χ3v) is 5.44. The van der Waals surface area contributed by atoms with Gasteiger partial charge in [0.05, 0.1) is 5.69 Å². The standard InChI is InChI=1S/C23H24N4O2/c1-2-3-23-25-12-18-14-27(9-8-20(18)26-23)13-16-4-6-19(24-11-16)17-5-7-21-22(10-17)29-15-28-21/h4-7,10-12H,2-3,8-9,13-15H2,1H3. The van der Waals surface area contributed by atoms with Gasteiger partial charge in [0.25, 0.3) is 0 Å². The van der Waals surface area contributed by atoms with Crippen LogP contribution in [0, 0.1) is 0 Å². The number of aryl methyl sites for hydroxylation is 1. The van der Waals surface area contributed by atoms with Gasteiger partial charge in [-0.2, -0.15) is 0 Å². The summed E-state index contributed by atoms with van der Waals surface area (Å²) in [4.78, 5) is 16.4. The second-order valence-corrected chi connectivity index (χ2v) is 7.59. The molecule has 0 fully saturated rings. The molecule has 3 aromatic rings. The molecule has 0 bridgehead atoms. The van der Waals surface area contributed by atoms with Crippen LogP contribution in [-0.4, -0.2) is 33.2 Å². The van der Waals surface area contributed by atoms with E-state index < -0.39 is 0 Å². The number of rotatable bonds is 5. The normalized spacial score (nSPS) is 15.3. The first kappa shape index (κ1) is 18.1. The summed E-state index contributed by atoms with van der Waals surface area (Å²) in [6.07, 6.45) is 7.01. The quantitative estimate of drug-likeness (QED) is 0.663. The monoisotopic (exact) mass is 388 g/mol. The maximum atomic E-state index is 5.47. The first-order chi connectivity index (χ1) is 14.3. The molecule has 2 aromatic heterocycles. The molecule has 0 N–H and O–H groups in total. The van der Waals surface area contributed by atoms with Crippen molar-refractivity contribution in [2.75, 3.05) is 13.3 Å². The Hall–Kier alpha value is -2.99. The average Bonchev–Trinajstić information content (AvgIpc) is 3.22. The second-order valence-electron chi connectivity index (χ2n) is 7.59. The number of aromatic nitrogens is 3. The van der Waals surface area contributed by atoms with Gasteiger partial charge in [-0.05, 0) is 36.2 Å². The molecule has 0 aliphatic carbocycles. The van der Waals surface area contributed by atoms with E-state index in [4.69, 9.17) is 14.5 Å². The van der Waals surface area contributed by atoms with Crippen LogP contribution in [0.5, 0.6) is 11.5 Å². The SMILES string of the molecule is CCCc1ncc2c(n1)CCN(Cc1ccc(-c3ccc4c(c3)OCO4)nc1)C2. The van der Waals surface area contributed by atoms with Gasteiger partial charge >= 0.3 is 0 Å².